The first-order valence-electron chi connectivity index (χ1n) is 8.27. The molecule has 1 aromatic carbocycles. The maximum absolute atomic E-state index is 11.7. The second kappa shape index (κ2) is 7.97. The summed E-state index contributed by atoms with van der Waals surface area (Å²) in [6.45, 7) is 4.40. The van der Waals surface area contributed by atoms with Crippen LogP contribution in [-0.4, -0.2) is 27.3 Å². The maximum Gasteiger partial charge on any atom is 0.249 e. The number of aryl methyl sites for hydroxylation is 1. The minimum absolute atomic E-state index is 0.184. The highest BCUT2D eigenvalue weighted by molar-refractivity contribution is 7.13. The third kappa shape index (κ3) is 4.00. The van der Waals surface area contributed by atoms with Gasteiger partial charge < -0.3 is 10.1 Å². The Morgan fingerprint density at radius 3 is 2.77 bits per heavy atom. The van der Waals surface area contributed by atoms with Crippen molar-refractivity contribution in [2.75, 3.05) is 11.9 Å². The lowest BCUT2D eigenvalue weighted by atomic mass is 10.2. The molecule has 6 nitrogen and oxygen atoms in total. The minimum atomic E-state index is -0.184. The number of anilines is 1. The first-order chi connectivity index (χ1) is 12.6. The largest absolute Gasteiger partial charge is 0.494 e. The zero-order chi connectivity index (χ0) is 18.5. The first-order valence-corrected chi connectivity index (χ1v) is 9.15. The lowest BCUT2D eigenvalue weighted by Gasteiger charge is -2.03. The van der Waals surface area contributed by atoms with Gasteiger partial charge in [-0.15, -0.1) is 11.3 Å². The zero-order valence-electron chi connectivity index (χ0n) is 14.9. The molecule has 26 heavy (non-hydrogen) atoms. The van der Waals surface area contributed by atoms with Crippen molar-refractivity contribution in [2.24, 2.45) is 7.05 Å². The highest BCUT2D eigenvalue weighted by atomic mass is 32.1. The van der Waals surface area contributed by atoms with E-state index in [-0.39, 0.29) is 5.91 Å². The van der Waals surface area contributed by atoms with Crippen LogP contribution in [0.1, 0.15) is 13.8 Å². The van der Waals surface area contributed by atoms with Gasteiger partial charge in [-0.25, -0.2) is 4.98 Å². The number of thiazole rings is 1. The molecule has 0 aliphatic carbocycles. The lowest BCUT2D eigenvalue weighted by Crippen LogP contribution is -2.11. The Hall–Kier alpha value is -2.93. The Morgan fingerprint density at radius 2 is 2.08 bits per heavy atom. The van der Waals surface area contributed by atoms with Crippen LogP contribution in [0.25, 0.3) is 22.0 Å². The van der Waals surface area contributed by atoms with Gasteiger partial charge in [0.2, 0.25) is 5.91 Å². The molecule has 3 rings (SSSR count). The van der Waals surface area contributed by atoms with Gasteiger partial charge in [-0.1, -0.05) is 6.08 Å². The van der Waals surface area contributed by atoms with E-state index in [4.69, 9.17) is 4.74 Å². The van der Waals surface area contributed by atoms with E-state index in [1.165, 1.54) is 17.4 Å². The first kappa shape index (κ1) is 17.9. The van der Waals surface area contributed by atoms with Crippen LogP contribution in [-0.2, 0) is 11.8 Å². The fourth-order valence-corrected chi connectivity index (χ4v) is 3.20. The molecule has 0 bridgehead atoms. The molecule has 2 heterocycles. The van der Waals surface area contributed by atoms with Crippen LogP contribution in [0.3, 0.4) is 0 Å². The molecular weight excluding hydrogens is 348 g/mol. The number of allylic oxidation sites excluding steroid dienone is 1. The second-order valence-electron chi connectivity index (χ2n) is 5.52. The fraction of sp³-hybridized carbons (Fsp3) is 0.211. The Morgan fingerprint density at radius 1 is 1.31 bits per heavy atom. The maximum atomic E-state index is 11.7. The normalized spacial score (nSPS) is 11.0. The van der Waals surface area contributed by atoms with Crippen LogP contribution >= 0.6 is 11.3 Å². The Bertz CT molecular complexity index is 925. The van der Waals surface area contributed by atoms with Crippen LogP contribution < -0.4 is 10.1 Å². The number of aromatic nitrogens is 3. The van der Waals surface area contributed by atoms with E-state index in [0.29, 0.717) is 12.4 Å². The van der Waals surface area contributed by atoms with Crippen LogP contribution in [0.2, 0.25) is 0 Å². The molecule has 0 radical (unpaired) electrons. The lowest BCUT2D eigenvalue weighted by molar-refractivity contribution is -0.112. The highest BCUT2D eigenvalue weighted by Crippen LogP contribution is 2.30. The number of hydrogen-bond donors (Lipinski definition) is 1. The van der Waals surface area contributed by atoms with Gasteiger partial charge in [0.25, 0.3) is 0 Å². The molecule has 0 aliphatic rings. The predicted octanol–water partition coefficient (Wildman–Crippen LogP) is 4.12. The molecule has 0 fully saturated rings. The quantitative estimate of drug-likeness (QED) is 0.665. The fourth-order valence-electron chi connectivity index (χ4n) is 2.42. The molecular formula is C19H20N4O2S. The summed E-state index contributed by atoms with van der Waals surface area (Å²) < 4.78 is 7.10. The number of carbonyl (C=O) groups is 1. The van der Waals surface area contributed by atoms with Crippen molar-refractivity contribution < 1.29 is 9.53 Å². The highest BCUT2D eigenvalue weighted by Gasteiger charge is 2.13. The van der Waals surface area contributed by atoms with Gasteiger partial charge in [0.05, 0.1) is 12.3 Å². The molecule has 0 saturated heterocycles. The third-order valence-electron chi connectivity index (χ3n) is 3.63. The summed E-state index contributed by atoms with van der Waals surface area (Å²) in [6, 6.07) is 9.68. The Kier molecular flexibility index (Phi) is 5.48. The molecule has 0 aliphatic heterocycles. The molecule has 0 saturated carbocycles. The summed E-state index contributed by atoms with van der Waals surface area (Å²) in [5.41, 5.74) is 2.64. The summed E-state index contributed by atoms with van der Waals surface area (Å²) in [5.74, 6) is 1.29. The van der Waals surface area contributed by atoms with E-state index in [9.17, 15) is 4.79 Å². The number of rotatable bonds is 6. The molecule has 2 aromatic heterocycles. The number of benzene rings is 1. The van der Waals surface area contributed by atoms with E-state index in [1.54, 1.807) is 24.7 Å². The van der Waals surface area contributed by atoms with Gasteiger partial charge in [-0.2, -0.15) is 5.10 Å². The van der Waals surface area contributed by atoms with Gasteiger partial charge in [0.15, 0.2) is 0 Å². The summed E-state index contributed by atoms with van der Waals surface area (Å²) in [6.07, 6.45) is 3.16. The molecule has 1 amide bonds. The number of carbonyl (C=O) groups excluding carboxylic acids is 1. The summed E-state index contributed by atoms with van der Waals surface area (Å²) in [7, 11) is 1.79. The Balaban J connectivity index is 1.80. The monoisotopic (exact) mass is 368 g/mol. The smallest absolute Gasteiger partial charge is 0.249 e. The molecule has 0 atom stereocenters. The minimum Gasteiger partial charge on any atom is -0.494 e. The van der Waals surface area contributed by atoms with E-state index in [0.717, 1.165) is 27.7 Å². The van der Waals surface area contributed by atoms with Crippen LogP contribution in [0, 0.1) is 0 Å². The van der Waals surface area contributed by atoms with E-state index < -0.39 is 0 Å². The number of amides is 1. The van der Waals surface area contributed by atoms with Gasteiger partial charge in [0, 0.05) is 24.1 Å². The molecule has 1 N–H and O–H groups in total. The van der Waals surface area contributed by atoms with Crippen molar-refractivity contribution >= 4 is 23.1 Å². The third-order valence-corrected chi connectivity index (χ3v) is 4.50. The Labute approximate surface area is 156 Å². The van der Waals surface area contributed by atoms with Crippen LogP contribution in [0.15, 0.2) is 47.9 Å². The van der Waals surface area contributed by atoms with Gasteiger partial charge in [0.1, 0.15) is 22.3 Å². The predicted molar refractivity (Wildman–Crippen MR) is 104 cm³/mol. The van der Waals surface area contributed by atoms with Crippen molar-refractivity contribution in [1.29, 1.82) is 0 Å². The summed E-state index contributed by atoms with van der Waals surface area (Å²) >= 11 is 1.52. The van der Waals surface area contributed by atoms with Crippen molar-refractivity contribution in [2.45, 2.75) is 13.8 Å². The number of hydrogen-bond acceptors (Lipinski definition) is 5. The van der Waals surface area contributed by atoms with Crippen molar-refractivity contribution in [3.63, 3.8) is 0 Å². The summed E-state index contributed by atoms with van der Waals surface area (Å²) in [5, 5.41) is 10.0. The molecule has 134 valence electrons. The van der Waals surface area contributed by atoms with Gasteiger partial charge >= 0.3 is 0 Å². The SMILES string of the molecule is C/C=C/C(=O)Nc1cc(-c2nc(-c3ccc(OCC)cc3)cs2)nn1C. The molecule has 3 aromatic rings. The van der Waals surface area contributed by atoms with Crippen molar-refractivity contribution in [1.82, 2.24) is 14.8 Å². The van der Waals surface area contributed by atoms with Crippen molar-refractivity contribution in [3.05, 3.63) is 47.9 Å². The number of ether oxygens (including phenoxy) is 1. The average Bonchev–Trinajstić information content (AvgIpc) is 3.24. The van der Waals surface area contributed by atoms with Crippen LogP contribution in [0.4, 0.5) is 5.82 Å². The standard InChI is InChI=1S/C19H20N4O2S/c1-4-6-18(24)21-17-11-15(22-23(17)3)19-20-16(12-26-19)13-7-9-14(10-8-13)25-5-2/h4,6-12H,5H2,1-3H3,(H,21,24)/b6-4+. The second-order valence-corrected chi connectivity index (χ2v) is 6.38. The van der Waals surface area contributed by atoms with Crippen molar-refractivity contribution in [3.8, 4) is 27.7 Å². The zero-order valence-corrected chi connectivity index (χ0v) is 15.7. The van der Waals surface area contributed by atoms with E-state index in [2.05, 4.69) is 15.4 Å². The molecule has 7 heteroatoms. The molecule has 0 unspecified atom stereocenters. The van der Waals surface area contributed by atoms with E-state index >= 15 is 0 Å². The van der Waals surface area contributed by atoms with E-state index in [1.807, 2.05) is 42.6 Å². The summed E-state index contributed by atoms with van der Waals surface area (Å²) in [4.78, 5) is 16.4. The number of nitrogens with zero attached hydrogens (tertiary/aromatic N) is 3. The van der Waals surface area contributed by atoms with Gasteiger partial charge in [-0.3, -0.25) is 9.48 Å². The number of nitrogens with one attached hydrogen (secondary N) is 1. The molecule has 0 spiro atoms. The average molecular weight is 368 g/mol. The van der Waals surface area contributed by atoms with Gasteiger partial charge in [-0.05, 0) is 44.2 Å². The topological polar surface area (TPSA) is 69.0 Å². The van der Waals surface area contributed by atoms with Crippen LogP contribution in [0.5, 0.6) is 5.75 Å².